The van der Waals surface area contributed by atoms with Crippen molar-refractivity contribution in [1.29, 1.82) is 0 Å². The highest BCUT2D eigenvalue weighted by Gasteiger charge is 2.24. The molecule has 1 aromatic carbocycles. The molecule has 8 heteroatoms. The number of benzene rings is 1. The number of ether oxygens (including phenoxy) is 1. The van der Waals surface area contributed by atoms with Gasteiger partial charge in [-0.1, -0.05) is 6.07 Å². The van der Waals surface area contributed by atoms with Crippen LogP contribution >= 0.6 is 11.3 Å². The second-order valence-electron chi connectivity index (χ2n) is 6.07. The molecule has 1 aromatic heterocycles. The molecule has 0 aliphatic carbocycles. The molecule has 0 fully saturated rings. The van der Waals surface area contributed by atoms with Crippen molar-refractivity contribution in [3.63, 3.8) is 0 Å². The van der Waals surface area contributed by atoms with Crippen LogP contribution in [0.4, 0.5) is 9.18 Å². The fraction of sp³-hybridized carbons (Fsp3) is 0.333. The van der Waals surface area contributed by atoms with E-state index in [1.54, 1.807) is 6.07 Å². The number of amides is 3. The van der Waals surface area contributed by atoms with Crippen molar-refractivity contribution >= 4 is 23.3 Å². The van der Waals surface area contributed by atoms with Gasteiger partial charge in [-0.25, -0.2) is 9.18 Å². The standard InChI is InChI=1S/C18H20FN3O3S/c19-11-5-6-15-12(9-11)13(3-1-7-25-15)21-17(23)10-14(22-18(20)24)16-4-2-8-26-16/h2,4-6,8-9,13-14H,1,3,7,10H2,(H,21,23)(H3,20,22,24)/t13-,14+/m0/s1. The van der Waals surface area contributed by atoms with Crippen molar-refractivity contribution in [2.24, 2.45) is 5.73 Å². The Kier molecular flexibility index (Phi) is 5.72. The summed E-state index contributed by atoms with van der Waals surface area (Å²) in [7, 11) is 0. The van der Waals surface area contributed by atoms with Crippen LogP contribution in [0.2, 0.25) is 0 Å². The monoisotopic (exact) mass is 377 g/mol. The third-order valence-corrected chi connectivity index (χ3v) is 5.16. The molecular formula is C18H20FN3O3S. The molecule has 0 unspecified atom stereocenters. The van der Waals surface area contributed by atoms with E-state index in [4.69, 9.17) is 10.5 Å². The van der Waals surface area contributed by atoms with E-state index in [2.05, 4.69) is 10.6 Å². The topological polar surface area (TPSA) is 93.5 Å². The minimum absolute atomic E-state index is 0.0471. The van der Waals surface area contributed by atoms with E-state index in [0.717, 1.165) is 11.3 Å². The summed E-state index contributed by atoms with van der Waals surface area (Å²) >= 11 is 1.44. The van der Waals surface area contributed by atoms with Crippen LogP contribution in [-0.4, -0.2) is 18.5 Å². The molecule has 0 spiro atoms. The van der Waals surface area contributed by atoms with Gasteiger partial charge in [0.2, 0.25) is 5.91 Å². The van der Waals surface area contributed by atoms with Crippen molar-refractivity contribution in [3.8, 4) is 5.75 Å². The highest BCUT2D eigenvalue weighted by atomic mass is 32.1. The average molecular weight is 377 g/mol. The first-order valence-corrected chi connectivity index (χ1v) is 9.22. The number of rotatable bonds is 5. The Labute approximate surface area is 154 Å². The number of primary amides is 1. The maximum atomic E-state index is 13.6. The summed E-state index contributed by atoms with van der Waals surface area (Å²) in [6.45, 7) is 0.520. The van der Waals surface area contributed by atoms with Crippen molar-refractivity contribution in [3.05, 3.63) is 52.0 Å². The maximum Gasteiger partial charge on any atom is 0.312 e. The average Bonchev–Trinajstić information content (AvgIpc) is 3.05. The Hall–Kier alpha value is -2.61. The number of hydrogen-bond donors (Lipinski definition) is 3. The molecule has 0 bridgehead atoms. The SMILES string of the molecule is NC(=O)N[C@H](CC(=O)N[C@H]1CCCOc2ccc(F)cc21)c1cccs1. The van der Waals surface area contributed by atoms with Crippen molar-refractivity contribution in [2.45, 2.75) is 31.3 Å². The summed E-state index contributed by atoms with van der Waals surface area (Å²) in [5.74, 6) is -0.0427. The van der Waals surface area contributed by atoms with Crippen LogP contribution in [-0.2, 0) is 4.79 Å². The lowest BCUT2D eigenvalue weighted by Gasteiger charge is -2.21. The fourth-order valence-electron chi connectivity index (χ4n) is 3.02. The number of urea groups is 1. The molecule has 138 valence electrons. The summed E-state index contributed by atoms with van der Waals surface area (Å²) < 4.78 is 19.3. The van der Waals surface area contributed by atoms with Gasteiger partial charge in [-0.2, -0.15) is 0 Å². The molecule has 2 atom stereocenters. The lowest BCUT2D eigenvalue weighted by molar-refractivity contribution is -0.122. The Morgan fingerprint density at radius 2 is 2.23 bits per heavy atom. The zero-order chi connectivity index (χ0) is 18.5. The Balaban J connectivity index is 1.72. The van der Waals surface area contributed by atoms with Crippen LogP contribution in [0.25, 0.3) is 0 Å². The summed E-state index contributed by atoms with van der Waals surface area (Å²) in [4.78, 5) is 24.7. The van der Waals surface area contributed by atoms with Crippen LogP contribution < -0.4 is 21.1 Å². The number of hydrogen-bond acceptors (Lipinski definition) is 4. The van der Waals surface area contributed by atoms with E-state index in [-0.39, 0.29) is 24.2 Å². The van der Waals surface area contributed by atoms with E-state index in [1.807, 2.05) is 17.5 Å². The smallest absolute Gasteiger partial charge is 0.312 e. The largest absolute Gasteiger partial charge is 0.493 e. The van der Waals surface area contributed by atoms with E-state index in [0.29, 0.717) is 24.3 Å². The van der Waals surface area contributed by atoms with Gasteiger partial charge in [-0.15, -0.1) is 11.3 Å². The zero-order valence-electron chi connectivity index (χ0n) is 14.0. The molecular weight excluding hydrogens is 357 g/mol. The third kappa shape index (κ3) is 4.51. The molecule has 3 rings (SSSR count). The second kappa shape index (κ2) is 8.18. The van der Waals surface area contributed by atoms with E-state index >= 15 is 0 Å². The van der Waals surface area contributed by atoms with Crippen molar-refractivity contribution in [1.82, 2.24) is 10.6 Å². The van der Waals surface area contributed by atoms with Crippen molar-refractivity contribution in [2.75, 3.05) is 6.61 Å². The minimum atomic E-state index is -0.688. The molecule has 0 saturated heterocycles. The van der Waals surface area contributed by atoms with Gasteiger partial charge in [0, 0.05) is 10.4 Å². The predicted molar refractivity (Wildman–Crippen MR) is 96.4 cm³/mol. The lowest BCUT2D eigenvalue weighted by Crippen LogP contribution is -2.37. The number of fused-ring (bicyclic) bond motifs is 1. The summed E-state index contributed by atoms with van der Waals surface area (Å²) in [6, 6.07) is 6.47. The number of carbonyl (C=O) groups excluding carboxylic acids is 2. The number of carbonyl (C=O) groups is 2. The number of nitrogens with two attached hydrogens (primary N) is 1. The Morgan fingerprint density at radius 3 is 2.96 bits per heavy atom. The Bertz CT molecular complexity index is 782. The minimum Gasteiger partial charge on any atom is -0.493 e. The van der Waals surface area contributed by atoms with Gasteiger partial charge in [0.05, 0.1) is 25.1 Å². The van der Waals surface area contributed by atoms with Gasteiger partial charge >= 0.3 is 6.03 Å². The first kappa shape index (κ1) is 18.2. The first-order valence-electron chi connectivity index (χ1n) is 8.34. The molecule has 0 radical (unpaired) electrons. The van der Waals surface area contributed by atoms with Crippen LogP contribution in [0, 0.1) is 5.82 Å². The molecule has 2 aromatic rings. The van der Waals surface area contributed by atoms with Crippen LogP contribution in [0.15, 0.2) is 35.7 Å². The molecule has 3 amide bonds. The fourth-order valence-corrected chi connectivity index (χ4v) is 3.80. The normalized spacial score (nSPS) is 17.3. The summed E-state index contributed by atoms with van der Waals surface area (Å²) in [6.07, 6.45) is 1.44. The van der Waals surface area contributed by atoms with Crippen LogP contribution in [0.1, 0.15) is 41.8 Å². The molecule has 2 heterocycles. The molecule has 6 nitrogen and oxygen atoms in total. The number of thiophene rings is 1. The molecule has 0 saturated carbocycles. The number of nitrogens with one attached hydrogen (secondary N) is 2. The number of halogens is 1. The van der Waals surface area contributed by atoms with Crippen molar-refractivity contribution < 1.29 is 18.7 Å². The summed E-state index contributed by atoms with van der Waals surface area (Å²) in [5.41, 5.74) is 5.86. The van der Waals surface area contributed by atoms with Gasteiger partial charge in [-0.05, 0) is 42.5 Å². The van der Waals surface area contributed by atoms with E-state index in [1.165, 1.54) is 23.5 Å². The van der Waals surface area contributed by atoms with Gasteiger partial charge in [0.1, 0.15) is 11.6 Å². The van der Waals surface area contributed by atoms with Gasteiger partial charge in [0.15, 0.2) is 0 Å². The van der Waals surface area contributed by atoms with Crippen LogP contribution in [0.5, 0.6) is 5.75 Å². The molecule has 1 aliphatic heterocycles. The molecule has 26 heavy (non-hydrogen) atoms. The maximum absolute atomic E-state index is 13.6. The lowest BCUT2D eigenvalue weighted by atomic mass is 10.0. The van der Waals surface area contributed by atoms with Crippen LogP contribution in [0.3, 0.4) is 0 Å². The van der Waals surface area contributed by atoms with E-state index in [9.17, 15) is 14.0 Å². The zero-order valence-corrected chi connectivity index (χ0v) is 14.9. The quantitative estimate of drug-likeness (QED) is 0.748. The van der Waals surface area contributed by atoms with Gasteiger partial charge in [0.25, 0.3) is 0 Å². The molecule has 1 aliphatic rings. The molecule has 4 N–H and O–H groups in total. The van der Waals surface area contributed by atoms with Gasteiger partial charge < -0.3 is 21.1 Å². The third-order valence-electron chi connectivity index (χ3n) is 4.17. The van der Waals surface area contributed by atoms with E-state index < -0.39 is 12.1 Å². The van der Waals surface area contributed by atoms with Gasteiger partial charge in [-0.3, -0.25) is 4.79 Å². The second-order valence-corrected chi connectivity index (χ2v) is 7.05. The predicted octanol–water partition coefficient (Wildman–Crippen LogP) is 3.02. The summed E-state index contributed by atoms with van der Waals surface area (Å²) in [5, 5.41) is 7.40. The highest BCUT2D eigenvalue weighted by molar-refractivity contribution is 7.10. The Morgan fingerprint density at radius 1 is 1.38 bits per heavy atom. The highest BCUT2D eigenvalue weighted by Crippen LogP contribution is 2.32. The first-order chi connectivity index (χ1) is 12.5.